The Morgan fingerprint density at radius 1 is 1.32 bits per heavy atom. The number of carboxylic acid groups (broad SMARTS) is 1. The molecule has 0 saturated carbocycles. The lowest BCUT2D eigenvalue weighted by Gasteiger charge is -2.03. The zero-order chi connectivity index (χ0) is 14.2. The van der Waals surface area contributed by atoms with Crippen molar-refractivity contribution < 1.29 is 22.7 Å². The predicted molar refractivity (Wildman–Crippen MR) is 64.1 cm³/mol. The molecule has 1 aromatic heterocycles. The van der Waals surface area contributed by atoms with Crippen molar-refractivity contribution >= 4 is 15.8 Å². The van der Waals surface area contributed by atoms with Crippen LogP contribution >= 0.6 is 0 Å². The van der Waals surface area contributed by atoms with Crippen LogP contribution in [0, 0.1) is 5.82 Å². The van der Waals surface area contributed by atoms with E-state index < -0.39 is 27.3 Å². The molecular formula is C11H9FN2O4S. The molecule has 0 unspecified atom stereocenters. The minimum absolute atomic E-state index is 0.0741. The molecule has 2 aromatic rings. The molecule has 0 aliphatic rings. The van der Waals surface area contributed by atoms with E-state index in [2.05, 4.69) is 10.2 Å². The fourth-order valence-corrected chi connectivity index (χ4v) is 2.43. The van der Waals surface area contributed by atoms with E-state index in [1.165, 1.54) is 12.1 Å². The second kappa shape index (κ2) is 4.47. The number of nitrogens with zero attached hydrogens (tertiary/aromatic N) is 1. The molecular weight excluding hydrogens is 275 g/mol. The fourth-order valence-electron chi connectivity index (χ4n) is 1.63. The molecule has 19 heavy (non-hydrogen) atoms. The normalized spacial score (nSPS) is 11.5. The topological polar surface area (TPSA) is 100 Å². The summed E-state index contributed by atoms with van der Waals surface area (Å²) in [6, 6.07) is 4.81. The number of nitrogens with one attached hydrogen (secondary N) is 1. The van der Waals surface area contributed by atoms with Crippen LogP contribution in [0.25, 0.3) is 11.1 Å². The lowest BCUT2D eigenvalue weighted by molar-refractivity contribution is 0.0691. The highest BCUT2D eigenvalue weighted by atomic mass is 32.2. The maximum absolute atomic E-state index is 12.9. The number of H-pyrrole nitrogens is 1. The van der Waals surface area contributed by atoms with E-state index in [0.29, 0.717) is 0 Å². The van der Waals surface area contributed by atoms with E-state index >= 15 is 0 Å². The van der Waals surface area contributed by atoms with Gasteiger partial charge in [0.2, 0.25) is 0 Å². The first-order chi connectivity index (χ1) is 8.80. The van der Waals surface area contributed by atoms with Crippen LogP contribution in [-0.2, 0) is 9.84 Å². The van der Waals surface area contributed by atoms with Crippen LogP contribution in [0.1, 0.15) is 10.5 Å². The molecule has 6 nitrogen and oxygen atoms in total. The van der Waals surface area contributed by atoms with Crippen molar-refractivity contribution in [2.45, 2.75) is 5.03 Å². The summed E-state index contributed by atoms with van der Waals surface area (Å²) in [6.45, 7) is 0. The van der Waals surface area contributed by atoms with Gasteiger partial charge in [0, 0.05) is 6.26 Å². The van der Waals surface area contributed by atoms with Crippen LogP contribution in [0.4, 0.5) is 4.39 Å². The van der Waals surface area contributed by atoms with Crippen molar-refractivity contribution in [3.8, 4) is 11.1 Å². The molecule has 0 atom stereocenters. The first-order valence-corrected chi connectivity index (χ1v) is 6.97. The third-order valence-electron chi connectivity index (χ3n) is 2.44. The quantitative estimate of drug-likeness (QED) is 0.885. The lowest BCUT2D eigenvalue weighted by atomic mass is 10.1. The molecule has 0 radical (unpaired) electrons. The summed E-state index contributed by atoms with van der Waals surface area (Å²) >= 11 is 0. The van der Waals surface area contributed by atoms with Gasteiger partial charge in [-0.1, -0.05) is 12.1 Å². The van der Waals surface area contributed by atoms with E-state index in [1.807, 2.05) is 0 Å². The summed E-state index contributed by atoms with van der Waals surface area (Å²) < 4.78 is 36.0. The highest BCUT2D eigenvalue weighted by molar-refractivity contribution is 7.90. The molecule has 1 aromatic carbocycles. The largest absolute Gasteiger partial charge is 0.476 e. The van der Waals surface area contributed by atoms with Crippen LogP contribution in [0.2, 0.25) is 0 Å². The standard InChI is InChI=1S/C11H9FN2O4S/c1-19(17,18)10-8(9(11(15)16)13-14-10)6-2-4-7(12)5-3-6/h2-5H,1H3,(H,13,14)(H,15,16). The van der Waals surface area contributed by atoms with Gasteiger partial charge in [-0.2, -0.15) is 5.10 Å². The number of rotatable bonds is 3. The number of benzene rings is 1. The van der Waals surface area contributed by atoms with Gasteiger partial charge < -0.3 is 5.11 Å². The number of carbonyl (C=O) groups is 1. The Balaban J connectivity index is 2.75. The fraction of sp³-hybridized carbons (Fsp3) is 0.0909. The number of carboxylic acids is 1. The van der Waals surface area contributed by atoms with Gasteiger partial charge in [-0.25, -0.2) is 17.6 Å². The highest BCUT2D eigenvalue weighted by Crippen LogP contribution is 2.29. The number of aromatic carboxylic acids is 1. The van der Waals surface area contributed by atoms with Crippen molar-refractivity contribution in [3.63, 3.8) is 0 Å². The van der Waals surface area contributed by atoms with E-state index in [4.69, 9.17) is 5.11 Å². The van der Waals surface area contributed by atoms with Crippen molar-refractivity contribution in [1.82, 2.24) is 10.2 Å². The summed E-state index contributed by atoms with van der Waals surface area (Å²) in [5.41, 5.74) is -0.241. The van der Waals surface area contributed by atoms with Crippen molar-refractivity contribution in [1.29, 1.82) is 0 Å². The third-order valence-corrected chi connectivity index (χ3v) is 3.48. The van der Waals surface area contributed by atoms with Gasteiger partial charge in [0.1, 0.15) is 5.82 Å². The summed E-state index contributed by atoms with van der Waals surface area (Å²) in [7, 11) is -3.68. The Labute approximate surface area is 107 Å². The number of hydrogen-bond donors (Lipinski definition) is 2. The Kier molecular flexibility index (Phi) is 3.11. The zero-order valence-electron chi connectivity index (χ0n) is 9.71. The number of aromatic nitrogens is 2. The van der Waals surface area contributed by atoms with Gasteiger partial charge in [0.25, 0.3) is 0 Å². The van der Waals surface area contributed by atoms with Crippen molar-refractivity contribution in [2.75, 3.05) is 6.26 Å². The lowest BCUT2D eigenvalue weighted by Crippen LogP contribution is -2.02. The van der Waals surface area contributed by atoms with E-state index in [1.54, 1.807) is 0 Å². The SMILES string of the molecule is CS(=O)(=O)c1[nH]nc(C(=O)O)c1-c1ccc(F)cc1. The van der Waals surface area contributed by atoms with Gasteiger partial charge in [-0.3, -0.25) is 5.10 Å². The molecule has 2 N–H and O–H groups in total. The summed E-state index contributed by atoms with van der Waals surface area (Å²) in [5.74, 6) is -1.88. The second-order valence-corrected chi connectivity index (χ2v) is 5.81. The zero-order valence-corrected chi connectivity index (χ0v) is 10.5. The maximum Gasteiger partial charge on any atom is 0.357 e. The highest BCUT2D eigenvalue weighted by Gasteiger charge is 2.25. The van der Waals surface area contributed by atoms with Crippen molar-refractivity contribution in [3.05, 3.63) is 35.8 Å². The minimum Gasteiger partial charge on any atom is -0.476 e. The first-order valence-electron chi connectivity index (χ1n) is 5.08. The van der Waals surface area contributed by atoms with Gasteiger partial charge >= 0.3 is 5.97 Å². The van der Waals surface area contributed by atoms with Crippen molar-refractivity contribution in [2.24, 2.45) is 0 Å². The molecule has 0 amide bonds. The average Bonchev–Trinajstić information content (AvgIpc) is 2.74. The van der Waals surface area contributed by atoms with E-state index in [0.717, 1.165) is 18.4 Å². The number of sulfone groups is 1. The molecule has 0 fully saturated rings. The van der Waals surface area contributed by atoms with E-state index in [9.17, 15) is 17.6 Å². The molecule has 100 valence electrons. The number of halogens is 1. The molecule has 1 heterocycles. The third kappa shape index (κ3) is 2.48. The maximum atomic E-state index is 12.9. The summed E-state index contributed by atoms with van der Waals surface area (Å²) in [5, 5.41) is 14.4. The van der Waals surface area contributed by atoms with Crippen LogP contribution < -0.4 is 0 Å². The predicted octanol–water partition coefficient (Wildman–Crippen LogP) is 1.32. The smallest absolute Gasteiger partial charge is 0.357 e. The molecule has 0 aliphatic carbocycles. The Bertz CT molecular complexity index is 735. The Morgan fingerprint density at radius 2 is 1.89 bits per heavy atom. The van der Waals surface area contributed by atoms with Crippen LogP contribution in [0.15, 0.2) is 29.3 Å². The minimum atomic E-state index is -3.68. The summed E-state index contributed by atoms with van der Waals surface area (Å²) in [4.78, 5) is 11.1. The van der Waals surface area contributed by atoms with Crippen LogP contribution in [0.3, 0.4) is 0 Å². The van der Waals surface area contributed by atoms with Gasteiger partial charge in [-0.15, -0.1) is 0 Å². The Hall–Kier alpha value is -2.22. The van der Waals surface area contributed by atoms with Gasteiger partial charge in [0.05, 0.1) is 5.56 Å². The van der Waals surface area contributed by atoms with Crippen LogP contribution in [-0.4, -0.2) is 35.9 Å². The molecule has 0 bridgehead atoms. The number of aromatic amines is 1. The Morgan fingerprint density at radius 3 is 2.37 bits per heavy atom. The first kappa shape index (κ1) is 13.2. The molecule has 0 saturated heterocycles. The molecule has 0 spiro atoms. The van der Waals surface area contributed by atoms with Crippen LogP contribution in [0.5, 0.6) is 0 Å². The molecule has 2 rings (SSSR count). The molecule has 0 aliphatic heterocycles. The molecule has 8 heteroatoms. The second-order valence-electron chi connectivity index (χ2n) is 3.86. The van der Waals surface area contributed by atoms with E-state index in [-0.39, 0.29) is 16.2 Å². The summed E-state index contributed by atoms with van der Waals surface area (Å²) in [6.07, 6.45) is 0.930. The van der Waals surface area contributed by atoms with Gasteiger partial charge in [0.15, 0.2) is 20.6 Å². The monoisotopic (exact) mass is 284 g/mol. The average molecular weight is 284 g/mol. The number of hydrogen-bond acceptors (Lipinski definition) is 4. The van der Waals surface area contributed by atoms with Gasteiger partial charge in [-0.05, 0) is 17.7 Å².